The van der Waals surface area contributed by atoms with Crippen molar-refractivity contribution in [2.75, 3.05) is 5.32 Å². The first-order chi connectivity index (χ1) is 13.4. The van der Waals surface area contributed by atoms with Crippen LogP contribution in [0.1, 0.15) is 19.2 Å². The zero-order valence-corrected chi connectivity index (χ0v) is 15.5. The molecule has 0 spiro atoms. The molecule has 0 fully saturated rings. The van der Waals surface area contributed by atoms with E-state index < -0.39 is 29.6 Å². The van der Waals surface area contributed by atoms with E-state index in [0.29, 0.717) is 5.82 Å². The van der Waals surface area contributed by atoms with Crippen molar-refractivity contribution in [3.8, 4) is 10.7 Å². The Morgan fingerprint density at radius 1 is 1.32 bits per heavy atom. The Balaban J connectivity index is 1.49. The fourth-order valence-corrected chi connectivity index (χ4v) is 2.86. The number of halogens is 2. The van der Waals surface area contributed by atoms with E-state index in [1.807, 2.05) is 17.5 Å². The molecule has 7 nitrogen and oxygen atoms in total. The number of hydrogen-bond donors (Lipinski definition) is 1. The summed E-state index contributed by atoms with van der Waals surface area (Å²) in [4.78, 5) is 28.9. The van der Waals surface area contributed by atoms with Crippen LogP contribution in [0, 0.1) is 11.6 Å². The van der Waals surface area contributed by atoms with E-state index in [1.165, 1.54) is 18.3 Å². The molecule has 0 radical (unpaired) electrons. The maximum atomic E-state index is 13.6. The molecular formula is C18H15F2N3O4S. The number of benzene rings is 1. The van der Waals surface area contributed by atoms with Gasteiger partial charge in [0.25, 0.3) is 5.91 Å². The fraction of sp³-hybridized carbons (Fsp3) is 0.222. The molecule has 0 saturated carbocycles. The van der Waals surface area contributed by atoms with E-state index in [2.05, 4.69) is 15.5 Å². The zero-order valence-electron chi connectivity index (χ0n) is 14.6. The fourth-order valence-electron chi connectivity index (χ4n) is 2.21. The summed E-state index contributed by atoms with van der Waals surface area (Å²) in [6, 6.07) is 6.35. The van der Waals surface area contributed by atoms with Crippen LogP contribution in [-0.2, 0) is 20.7 Å². The first-order valence-electron chi connectivity index (χ1n) is 8.24. The summed E-state index contributed by atoms with van der Waals surface area (Å²) < 4.78 is 36.8. The quantitative estimate of drug-likeness (QED) is 0.602. The number of esters is 1. The van der Waals surface area contributed by atoms with Crippen molar-refractivity contribution in [1.29, 1.82) is 0 Å². The molecular weight excluding hydrogens is 392 g/mol. The highest BCUT2D eigenvalue weighted by atomic mass is 32.1. The van der Waals surface area contributed by atoms with Gasteiger partial charge in [0.2, 0.25) is 11.7 Å². The largest absolute Gasteiger partial charge is 0.453 e. The Hall–Kier alpha value is -3.14. The molecule has 0 aliphatic heterocycles. The Kier molecular flexibility index (Phi) is 6.09. The van der Waals surface area contributed by atoms with Crippen molar-refractivity contribution in [3.05, 3.63) is 53.2 Å². The summed E-state index contributed by atoms with van der Waals surface area (Å²) in [5.41, 5.74) is -0.333. The van der Waals surface area contributed by atoms with Gasteiger partial charge in [0.15, 0.2) is 6.10 Å². The lowest BCUT2D eigenvalue weighted by Gasteiger charge is -2.13. The third-order valence-corrected chi connectivity index (χ3v) is 4.48. The number of rotatable bonds is 7. The van der Waals surface area contributed by atoms with Crippen LogP contribution >= 0.6 is 11.3 Å². The summed E-state index contributed by atoms with van der Waals surface area (Å²) >= 11 is 1.46. The van der Waals surface area contributed by atoms with Gasteiger partial charge >= 0.3 is 5.97 Å². The van der Waals surface area contributed by atoms with Gasteiger partial charge in [-0.2, -0.15) is 4.98 Å². The number of carbonyl (C=O) groups is 2. The second-order valence-corrected chi connectivity index (χ2v) is 6.68. The van der Waals surface area contributed by atoms with Gasteiger partial charge in [-0.05, 0) is 30.5 Å². The highest BCUT2D eigenvalue weighted by molar-refractivity contribution is 7.13. The molecule has 1 aromatic carbocycles. The Bertz CT molecular complexity index is 975. The molecule has 2 heterocycles. The molecule has 1 N–H and O–H groups in total. The van der Waals surface area contributed by atoms with Crippen LogP contribution < -0.4 is 5.32 Å². The summed E-state index contributed by atoms with van der Waals surface area (Å²) in [5.74, 6) is -2.26. The minimum Gasteiger partial charge on any atom is -0.453 e. The molecule has 1 atom stereocenters. The number of anilines is 1. The maximum absolute atomic E-state index is 13.6. The van der Waals surface area contributed by atoms with E-state index in [4.69, 9.17) is 9.26 Å². The Labute approximate surface area is 162 Å². The van der Waals surface area contributed by atoms with Gasteiger partial charge in [-0.25, -0.2) is 8.78 Å². The summed E-state index contributed by atoms with van der Waals surface area (Å²) in [6.07, 6.45) is -1.14. The van der Waals surface area contributed by atoms with Gasteiger partial charge < -0.3 is 14.6 Å². The van der Waals surface area contributed by atoms with Crippen LogP contribution in [0.25, 0.3) is 10.7 Å². The van der Waals surface area contributed by atoms with Crippen LogP contribution in [0.4, 0.5) is 14.5 Å². The number of ether oxygens (including phenoxy) is 1. The molecule has 10 heteroatoms. The van der Waals surface area contributed by atoms with Crippen LogP contribution in [0.3, 0.4) is 0 Å². The lowest BCUT2D eigenvalue weighted by molar-refractivity contribution is -0.153. The third kappa shape index (κ3) is 4.97. The van der Waals surface area contributed by atoms with Gasteiger partial charge in [-0.3, -0.25) is 9.59 Å². The van der Waals surface area contributed by atoms with E-state index in [-0.39, 0.29) is 24.4 Å². The van der Waals surface area contributed by atoms with Gasteiger partial charge in [0.05, 0.1) is 17.0 Å². The monoisotopic (exact) mass is 407 g/mol. The number of thiophene rings is 1. The number of amides is 1. The first kappa shape index (κ1) is 19.6. The van der Waals surface area contributed by atoms with Crippen molar-refractivity contribution in [1.82, 2.24) is 10.1 Å². The predicted octanol–water partition coefficient (Wildman–Crippen LogP) is 3.58. The van der Waals surface area contributed by atoms with Crippen molar-refractivity contribution in [3.63, 3.8) is 0 Å². The van der Waals surface area contributed by atoms with Gasteiger partial charge in [0, 0.05) is 12.5 Å². The molecule has 0 unspecified atom stereocenters. The highest BCUT2D eigenvalue weighted by Gasteiger charge is 2.20. The highest BCUT2D eigenvalue weighted by Crippen LogP contribution is 2.21. The van der Waals surface area contributed by atoms with Crippen molar-refractivity contribution in [2.45, 2.75) is 25.9 Å². The zero-order chi connectivity index (χ0) is 20.1. The molecule has 2 aromatic heterocycles. The second-order valence-electron chi connectivity index (χ2n) is 5.73. The first-order valence-corrected chi connectivity index (χ1v) is 9.12. The van der Waals surface area contributed by atoms with E-state index in [1.54, 1.807) is 0 Å². The van der Waals surface area contributed by atoms with Crippen LogP contribution in [0.15, 0.2) is 40.2 Å². The molecule has 3 rings (SSSR count). The van der Waals surface area contributed by atoms with Crippen LogP contribution in [0.2, 0.25) is 0 Å². The minimum absolute atomic E-state index is 0.0853. The minimum atomic E-state index is -1.19. The molecule has 1 amide bonds. The Morgan fingerprint density at radius 2 is 2.14 bits per heavy atom. The number of nitrogens with zero attached hydrogens (tertiary/aromatic N) is 2. The van der Waals surface area contributed by atoms with E-state index >= 15 is 0 Å². The molecule has 146 valence electrons. The van der Waals surface area contributed by atoms with Crippen LogP contribution in [0.5, 0.6) is 0 Å². The van der Waals surface area contributed by atoms with Crippen LogP contribution in [-0.4, -0.2) is 28.1 Å². The van der Waals surface area contributed by atoms with E-state index in [0.717, 1.165) is 23.1 Å². The molecule has 0 saturated heterocycles. The SMILES string of the molecule is C[C@H](OC(=O)CCc1nc(-c2cccs2)no1)C(=O)Nc1cc(F)ccc1F. The normalized spacial score (nSPS) is 11.8. The topological polar surface area (TPSA) is 94.3 Å². The van der Waals surface area contributed by atoms with Gasteiger partial charge in [0.1, 0.15) is 11.6 Å². The molecule has 0 bridgehead atoms. The van der Waals surface area contributed by atoms with Crippen molar-refractivity contribution < 1.29 is 27.6 Å². The maximum Gasteiger partial charge on any atom is 0.307 e. The van der Waals surface area contributed by atoms with E-state index in [9.17, 15) is 18.4 Å². The number of hydrogen-bond acceptors (Lipinski definition) is 7. The number of aromatic nitrogens is 2. The average molecular weight is 407 g/mol. The summed E-state index contributed by atoms with van der Waals surface area (Å²) in [7, 11) is 0. The molecule has 3 aromatic rings. The smallest absolute Gasteiger partial charge is 0.307 e. The van der Waals surface area contributed by atoms with Gasteiger partial charge in [-0.1, -0.05) is 11.2 Å². The Morgan fingerprint density at radius 3 is 2.89 bits per heavy atom. The number of aryl methyl sites for hydroxylation is 1. The summed E-state index contributed by atoms with van der Waals surface area (Å²) in [5, 5.41) is 7.89. The standard InChI is InChI=1S/C18H15F2N3O4S/c1-10(18(25)21-13-9-11(19)4-5-12(13)20)26-16(24)7-6-15-22-17(23-27-15)14-3-2-8-28-14/h2-5,8-10H,6-7H2,1H3,(H,21,25)/t10-/m0/s1. The molecule has 0 aliphatic rings. The number of nitrogens with one attached hydrogen (secondary N) is 1. The number of carbonyl (C=O) groups excluding carboxylic acids is 2. The lowest BCUT2D eigenvalue weighted by atomic mass is 10.2. The third-order valence-electron chi connectivity index (χ3n) is 3.62. The predicted molar refractivity (Wildman–Crippen MR) is 96.5 cm³/mol. The average Bonchev–Trinajstić information content (AvgIpc) is 3.34. The van der Waals surface area contributed by atoms with Crippen molar-refractivity contribution in [2.24, 2.45) is 0 Å². The van der Waals surface area contributed by atoms with Crippen molar-refractivity contribution >= 4 is 28.9 Å². The molecule has 0 aliphatic carbocycles. The lowest BCUT2D eigenvalue weighted by Crippen LogP contribution is -2.30. The molecule has 28 heavy (non-hydrogen) atoms. The summed E-state index contributed by atoms with van der Waals surface area (Å²) in [6.45, 7) is 1.33. The van der Waals surface area contributed by atoms with Gasteiger partial charge in [-0.15, -0.1) is 11.3 Å². The second kappa shape index (κ2) is 8.70.